The highest BCUT2D eigenvalue weighted by Crippen LogP contribution is 2.14. The molecule has 0 aromatic heterocycles. The maximum Gasteiger partial charge on any atom is 0.305 e. The number of aliphatic hydroxyl groups is 2. The van der Waals surface area contributed by atoms with Crippen LogP contribution < -0.4 is 5.32 Å². The SMILES string of the molecule is CCCCC/C=C\C/C=C\CCCCCCCCCCCC(=O)OCCCCCCCC/C=C\CCCCCC(=O)NC(CO)C(O)/C=C/CCCCCCCCCCC. The van der Waals surface area contributed by atoms with E-state index in [1.165, 1.54) is 154 Å². The van der Waals surface area contributed by atoms with E-state index in [-0.39, 0.29) is 18.5 Å². The normalized spacial score (nSPS) is 13.1. The minimum absolute atomic E-state index is 0.0190. The fraction of sp³-hybridized carbons (Fsp3) is 0.815. The lowest BCUT2D eigenvalue weighted by Crippen LogP contribution is -2.45. The Balaban J connectivity index is 3.50. The standard InChI is InChI=1S/C54H99NO5/c1-3-5-7-9-11-13-15-16-17-18-19-20-21-24-28-32-36-40-44-48-54(59)60-49-45-41-37-33-29-25-22-23-27-31-35-39-43-47-53(58)55-51(50-56)52(57)46-42-38-34-30-26-14-12-10-8-6-4-2/h11,13,16-17,23,27,42,46,51-52,56-57H,3-10,12,14-15,18-22,24-26,28-41,43-45,47-50H2,1-2H3,(H,55,58)/b13-11-,17-16-,27-23-,46-42+. The Morgan fingerprint density at radius 2 is 0.833 bits per heavy atom. The first-order valence-electron chi connectivity index (χ1n) is 25.9. The number of ether oxygens (including phenoxy) is 1. The highest BCUT2D eigenvalue weighted by molar-refractivity contribution is 5.76. The zero-order valence-electron chi connectivity index (χ0n) is 39.7. The van der Waals surface area contributed by atoms with E-state index < -0.39 is 12.1 Å². The van der Waals surface area contributed by atoms with Crippen LogP contribution in [0.15, 0.2) is 48.6 Å². The van der Waals surface area contributed by atoms with Crippen molar-refractivity contribution in [1.29, 1.82) is 0 Å². The molecule has 0 rings (SSSR count). The number of esters is 1. The summed E-state index contributed by atoms with van der Waals surface area (Å²) < 4.78 is 5.46. The van der Waals surface area contributed by atoms with Crippen LogP contribution in [0.25, 0.3) is 0 Å². The van der Waals surface area contributed by atoms with Crippen LogP contribution in [0, 0.1) is 0 Å². The van der Waals surface area contributed by atoms with Crippen LogP contribution in [-0.4, -0.2) is 47.4 Å². The lowest BCUT2D eigenvalue weighted by molar-refractivity contribution is -0.143. The number of unbranched alkanes of at least 4 members (excludes halogenated alkanes) is 30. The van der Waals surface area contributed by atoms with Gasteiger partial charge in [-0.2, -0.15) is 0 Å². The molecule has 2 atom stereocenters. The number of carbonyl (C=O) groups is 2. The average Bonchev–Trinajstić information content (AvgIpc) is 3.25. The zero-order chi connectivity index (χ0) is 43.7. The van der Waals surface area contributed by atoms with E-state index in [4.69, 9.17) is 4.74 Å². The molecule has 0 bridgehead atoms. The van der Waals surface area contributed by atoms with E-state index in [2.05, 4.69) is 55.6 Å². The first kappa shape index (κ1) is 57.8. The molecule has 3 N–H and O–H groups in total. The Bertz CT molecular complexity index is 1020. The van der Waals surface area contributed by atoms with Crippen LogP contribution in [0.4, 0.5) is 0 Å². The smallest absolute Gasteiger partial charge is 0.305 e. The summed E-state index contributed by atoms with van der Waals surface area (Å²) in [5, 5.41) is 22.9. The lowest BCUT2D eigenvalue weighted by Gasteiger charge is -2.19. The largest absolute Gasteiger partial charge is 0.466 e. The number of hydrogen-bond donors (Lipinski definition) is 3. The van der Waals surface area contributed by atoms with Crippen molar-refractivity contribution in [2.24, 2.45) is 0 Å². The van der Waals surface area contributed by atoms with Gasteiger partial charge in [-0.15, -0.1) is 0 Å². The fourth-order valence-corrected chi connectivity index (χ4v) is 7.54. The van der Waals surface area contributed by atoms with Crippen LogP contribution >= 0.6 is 0 Å². The molecule has 0 aliphatic carbocycles. The van der Waals surface area contributed by atoms with Crippen molar-refractivity contribution in [2.75, 3.05) is 13.2 Å². The van der Waals surface area contributed by atoms with Gasteiger partial charge in [-0.05, 0) is 89.9 Å². The molecule has 350 valence electrons. The highest BCUT2D eigenvalue weighted by atomic mass is 16.5. The van der Waals surface area contributed by atoms with Crippen LogP contribution in [0.1, 0.15) is 258 Å². The molecular formula is C54H99NO5. The summed E-state index contributed by atoms with van der Waals surface area (Å²) in [5.74, 6) is -0.120. The van der Waals surface area contributed by atoms with Crippen LogP contribution in [0.5, 0.6) is 0 Å². The molecule has 0 spiro atoms. The van der Waals surface area contributed by atoms with Crippen molar-refractivity contribution in [1.82, 2.24) is 5.32 Å². The molecule has 0 saturated heterocycles. The second kappa shape index (κ2) is 49.5. The van der Waals surface area contributed by atoms with E-state index in [0.29, 0.717) is 19.4 Å². The van der Waals surface area contributed by atoms with Gasteiger partial charge in [-0.1, -0.05) is 204 Å². The summed E-state index contributed by atoms with van der Waals surface area (Å²) in [7, 11) is 0. The summed E-state index contributed by atoms with van der Waals surface area (Å²) in [4.78, 5) is 24.4. The van der Waals surface area contributed by atoms with Gasteiger partial charge in [0, 0.05) is 12.8 Å². The number of nitrogens with one attached hydrogen (secondary N) is 1. The van der Waals surface area contributed by atoms with Crippen molar-refractivity contribution in [2.45, 2.75) is 270 Å². The molecule has 0 aliphatic heterocycles. The molecular weight excluding hydrogens is 743 g/mol. The summed E-state index contributed by atoms with van der Waals surface area (Å²) in [6, 6.07) is -0.648. The molecule has 6 nitrogen and oxygen atoms in total. The summed E-state index contributed by atoms with van der Waals surface area (Å²) in [6.07, 6.45) is 61.1. The molecule has 0 radical (unpaired) electrons. The number of carbonyl (C=O) groups excluding carboxylic acids is 2. The predicted octanol–water partition coefficient (Wildman–Crippen LogP) is 15.5. The average molecular weight is 842 g/mol. The number of aliphatic hydroxyl groups excluding tert-OH is 2. The van der Waals surface area contributed by atoms with Crippen molar-refractivity contribution >= 4 is 11.9 Å². The van der Waals surface area contributed by atoms with Gasteiger partial charge in [0.05, 0.1) is 25.4 Å². The summed E-state index contributed by atoms with van der Waals surface area (Å²) in [6.45, 7) is 4.81. The monoisotopic (exact) mass is 842 g/mol. The van der Waals surface area contributed by atoms with Gasteiger partial charge < -0.3 is 20.3 Å². The number of amides is 1. The third kappa shape index (κ3) is 45.3. The minimum atomic E-state index is -0.861. The van der Waals surface area contributed by atoms with Gasteiger partial charge in [0.25, 0.3) is 0 Å². The molecule has 0 aromatic carbocycles. The quantitative estimate of drug-likeness (QED) is 0.0322. The topological polar surface area (TPSA) is 95.9 Å². The number of rotatable bonds is 47. The van der Waals surface area contributed by atoms with Gasteiger partial charge in [0.1, 0.15) is 0 Å². The second-order valence-electron chi connectivity index (χ2n) is 17.5. The van der Waals surface area contributed by atoms with Crippen molar-refractivity contribution in [3.8, 4) is 0 Å². The molecule has 0 fully saturated rings. The van der Waals surface area contributed by atoms with Crippen LogP contribution in [0.2, 0.25) is 0 Å². The van der Waals surface area contributed by atoms with Crippen LogP contribution in [-0.2, 0) is 14.3 Å². The first-order valence-corrected chi connectivity index (χ1v) is 25.9. The van der Waals surface area contributed by atoms with Crippen LogP contribution in [0.3, 0.4) is 0 Å². The van der Waals surface area contributed by atoms with E-state index in [1.807, 2.05) is 6.08 Å². The Kier molecular flexibility index (Phi) is 47.7. The lowest BCUT2D eigenvalue weighted by atomic mass is 10.1. The highest BCUT2D eigenvalue weighted by Gasteiger charge is 2.18. The van der Waals surface area contributed by atoms with Crippen molar-refractivity contribution in [3.05, 3.63) is 48.6 Å². The third-order valence-electron chi connectivity index (χ3n) is 11.6. The fourth-order valence-electron chi connectivity index (χ4n) is 7.54. The van der Waals surface area contributed by atoms with E-state index in [0.717, 1.165) is 77.0 Å². The van der Waals surface area contributed by atoms with Gasteiger partial charge >= 0.3 is 5.97 Å². The molecule has 2 unspecified atom stereocenters. The Morgan fingerprint density at radius 1 is 0.467 bits per heavy atom. The van der Waals surface area contributed by atoms with E-state index in [1.54, 1.807) is 6.08 Å². The maximum absolute atomic E-state index is 12.4. The van der Waals surface area contributed by atoms with E-state index >= 15 is 0 Å². The number of allylic oxidation sites excluding steroid dienone is 7. The summed E-state index contributed by atoms with van der Waals surface area (Å²) in [5.41, 5.74) is 0. The van der Waals surface area contributed by atoms with Gasteiger partial charge in [-0.25, -0.2) is 0 Å². The Morgan fingerprint density at radius 3 is 1.33 bits per heavy atom. The Labute approximate surface area is 372 Å². The van der Waals surface area contributed by atoms with Gasteiger partial charge in [-0.3, -0.25) is 9.59 Å². The Hall–Kier alpha value is -2.18. The third-order valence-corrected chi connectivity index (χ3v) is 11.6. The van der Waals surface area contributed by atoms with Crippen molar-refractivity contribution < 1.29 is 24.5 Å². The van der Waals surface area contributed by atoms with Gasteiger partial charge in [0.15, 0.2) is 0 Å². The van der Waals surface area contributed by atoms with Gasteiger partial charge in [0.2, 0.25) is 5.91 Å². The molecule has 0 aliphatic rings. The van der Waals surface area contributed by atoms with E-state index in [9.17, 15) is 19.8 Å². The molecule has 0 heterocycles. The minimum Gasteiger partial charge on any atom is -0.466 e. The molecule has 60 heavy (non-hydrogen) atoms. The maximum atomic E-state index is 12.4. The zero-order valence-corrected chi connectivity index (χ0v) is 39.7. The molecule has 6 heteroatoms. The predicted molar refractivity (Wildman–Crippen MR) is 259 cm³/mol. The number of hydrogen-bond acceptors (Lipinski definition) is 5. The van der Waals surface area contributed by atoms with Crippen molar-refractivity contribution in [3.63, 3.8) is 0 Å². The first-order chi connectivity index (χ1) is 29.5. The molecule has 0 aromatic rings. The summed E-state index contributed by atoms with van der Waals surface area (Å²) >= 11 is 0. The second-order valence-corrected chi connectivity index (χ2v) is 17.5. The molecule has 1 amide bonds. The molecule has 0 saturated carbocycles.